The third-order valence-electron chi connectivity index (χ3n) is 1.79. The molecule has 1 aromatic heterocycles. The van der Waals surface area contributed by atoms with Gasteiger partial charge in [-0.25, -0.2) is 4.98 Å². The lowest BCUT2D eigenvalue weighted by Crippen LogP contribution is -1.89. The predicted molar refractivity (Wildman–Crippen MR) is 58.4 cm³/mol. The van der Waals surface area contributed by atoms with Crippen molar-refractivity contribution in [3.8, 4) is 0 Å². The summed E-state index contributed by atoms with van der Waals surface area (Å²) in [6.45, 7) is 0. The number of benzene rings is 1. The molecule has 0 unspecified atom stereocenters. The Morgan fingerprint density at radius 2 is 2.25 bits per heavy atom. The number of nitrogens with zero attached hydrogens (tertiary/aromatic N) is 2. The molecule has 0 radical (unpaired) electrons. The van der Waals surface area contributed by atoms with Crippen LogP contribution in [0.3, 0.4) is 0 Å². The van der Waals surface area contributed by atoms with Crippen LogP contribution in [0, 0.1) is 3.83 Å². The number of halogens is 2. The normalized spacial score (nSPS) is 10.9. The molecule has 2 aromatic rings. The maximum absolute atomic E-state index is 5.83. The van der Waals surface area contributed by atoms with E-state index < -0.39 is 0 Å². The highest BCUT2D eigenvalue weighted by Gasteiger charge is 2.03. The maximum Gasteiger partial charge on any atom is 0.172 e. The fourth-order valence-corrected chi connectivity index (χ4v) is 1.83. The van der Waals surface area contributed by atoms with Gasteiger partial charge < -0.3 is 4.57 Å². The summed E-state index contributed by atoms with van der Waals surface area (Å²) in [6, 6.07) is 5.73. The van der Waals surface area contributed by atoms with Crippen LogP contribution in [0.2, 0.25) is 5.02 Å². The molecule has 1 aromatic carbocycles. The summed E-state index contributed by atoms with van der Waals surface area (Å²) in [4.78, 5) is 4.34. The van der Waals surface area contributed by atoms with E-state index >= 15 is 0 Å². The van der Waals surface area contributed by atoms with Gasteiger partial charge in [0.25, 0.3) is 0 Å². The molecule has 0 aliphatic rings. The van der Waals surface area contributed by atoms with Crippen LogP contribution in [0.4, 0.5) is 0 Å². The zero-order valence-electron chi connectivity index (χ0n) is 6.38. The molecule has 0 aliphatic heterocycles. The number of rotatable bonds is 0. The number of hydrogen-bond donors (Lipinski definition) is 0. The molecular formula is C8H6ClIN2. The van der Waals surface area contributed by atoms with Crippen LogP contribution in [0.1, 0.15) is 0 Å². The number of aromatic nitrogens is 2. The summed E-state index contributed by atoms with van der Waals surface area (Å²) in [5.74, 6) is 0. The van der Waals surface area contributed by atoms with Gasteiger partial charge in [-0.15, -0.1) is 0 Å². The minimum absolute atomic E-state index is 0.733. The van der Waals surface area contributed by atoms with Gasteiger partial charge >= 0.3 is 0 Å². The zero-order chi connectivity index (χ0) is 8.72. The van der Waals surface area contributed by atoms with E-state index in [0.29, 0.717) is 0 Å². The SMILES string of the molecule is Cn1c(I)nc2cc(Cl)ccc21. The average Bonchev–Trinajstić information content (AvgIpc) is 2.28. The van der Waals surface area contributed by atoms with Gasteiger partial charge in [-0.05, 0) is 40.8 Å². The van der Waals surface area contributed by atoms with E-state index in [-0.39, 0.29) is 0 Å². The minimum atomic E-state index is 0.733. The van der Waals surface area contributed by atoms with Gasteiger partial charge in [0.1, 0.15) is 0 Å². The van der Waals surface area contributed by atoms with Gasteiger partial charge in [0, 0.05) is 12.1 Å². The molecule has 2 rings (SSSR count). The fraction of sp³-hybridized carbons (Fsp3) is 0.125. The highest BCUT2D eigenvalue weighted by molar-refractivity contribution is 14.1. The van der Waals surface area contributed by atoms with Crippen molar-refractivity contribution in [1.29, 1.82) is 0 Å². The van der Waals surface area contributed by atoms with E-state index in [4.69, 9.17) is 11.6 Å². The molecule has 0 saturated carbocycles. The first-order valence-electron chi connectivity index (χ1n) is 3.46. The second-order valence-electron chi connectivity index (χ2n) is 2.57. The lowest BCUT2D eigenvalue weighted by Gasteiger charge is -1.94. The molecule has 0 bridgehead atoms. The smallest absolute Gasteiger partial charge is 0.172 e. The average molecular weight is 293 g/mol. The number of fused-ring (bicyclic) bond motifs is 1. The molecule has 0 fully saturated rings. The highest BCUT2D eigenvalue weighted by atomic mass is 127. The Kier molecular flexibility index (Phi) is 2.00. The third-order valence-corrected chi connectivity index (χ3v) is 2.99. The van der Waals surface area contributed by atoms with E-state index in [9.17, 15) is 0 Å². The Hall–Kier alpha value is -0.290. The first-order chi connectivity index (χ1) is 5.68. The lowest BCUT2D eigenvalue weighted by atomic mass is 10.3. The Bertz CT molecular complexity index is 436. The van der Waals surface area contributed by atoms with Gasteiger partial charge in [-0.2, -0.15) is 0 Å². The van der Waals surface area contributed by atoms with Crippen LogP contribution in [0.25, 0.3) is 11.0 Å². The first kappa shape index (κ1) is 8.31. The van der Waals surface area contributed by atoms with Crippen molar-refractivity contribution in [1.82, 2.24) is 9.55 Å². The molecule has 0 N–H and O–H groups in total. The van der Waals surface area contributed by atoms with Crippen LogP contribution in [0.5, 0.6) is 0 Å². The maximum atomic E-state index is 5.83. The van der Waals surface area contributed by atoms with Gasteiger partial charge in [0.15, 0.2) is 3.83 Å². The van der Waals surface area contributed by atoms with Crippen molar-refractivity contribution in [2.45, 2.75) is 0 Å². The van der Waals surface area contributed by atoms with Gasteiger partial charge in [0.2, 0.25) is 0 Å². The zero-order valence-corrected chi connectivity index (χ0v) is 9.30. The fourth-order valence-electron chi connectivity index (χ4n) is 1.14. The molecule has 0 aliphatic carbocycles. The molecule has 62 valence electrons. The van der Waals surface area contributed by atoms with E-state index in [0.717, 1.165) is 19.9 Å². The topological polar surface area (TPSA) is 17.8 Å². The van der Waals surface area contributed by atoms with Crippen LogP contribution in [-0.2, 0) is 7.05 Å². The molecule has 0 amide bonds. The van der Waals surface area contributed by atoms with Crippen molar-refractivity contribution in [3.63, 3.8) is 0 Å². The summed E-state index contributed by atoms with van der Waals surface area (Å²) in [7, 11) is 1.99. The summed E-state index contributed by atoms with van der Waals surface area (Å²) in [6.07, 6.45) is 0. The molecule has 0 saturated heterocycles. The Morgan fingerprint density at radius 3 is 3.00 bits per heavy atom. The molecule has 4 heteroatoms. The molecule has 0 atom stereocenters. The Balaban J connectivity index is 2.87. The minimum Gasteiger partial charge on any atom is -0.322 e. The molecule has 0 spiro atoms. The van der Waals surface area contributed by atoms with Crippen molar-refractivity contribution in [2.24, 2.45) is 7.05 Å². The van der Waals surface area contributed by atoms with E-state index in [1.807, 2.05) is 29.8 Å². The van der Waals surface area contributed by atoms with E-state index in [1.165, 1.54) is 0 Å². The standard InChI is InChI=1S/C8H6ClIN2/c1-12-7-3-2-5(9)4-6(7)11-8(12)10/h2-4H,1H3. The van der Waals surface area contributed by atoms with Crippen molar-refractivity contribution < 1.29 is 0 Å². The van der Waals surface area contributed by atoms with Crippen molar-refractivity contribution >= 4 is 45.2 Å². The van der Waals surface area contributed by atoms with Crippen LogP contribution in [-0.4, -0.2) is 9.55 Å². The summed E-state index contributed by atoms with van der Waals surface area (Å²) < 4.78 is 3.01. The van der Waals surface area contributed by atoms with Gasteiger partial charge in [-0.3, -0.25) is 0 Å². The summed E-state index contributed by atoms with van der Waals surface area (Å²) in [5.41, 5.74) is 2.07. The van der Waals surface area contributed by atoms with Gasteiger partial charge in [-0.1, -0.05) is 11.6 Å². The van der Waals surface area contributed by atoms with E-state index in [2.05, 4.69) is 27.6 Å². The summed E-state index contributed by atoms with van der Waals surface area (Å²) in [5, 5.41) is 0.733. The number of aryl methyl sites for hydroxylation is 1. The van der Waals surface area contributed by atoms with Crippen LogP contribution < -0.4 is 0 Å². The van der Waals surface area contributed by atoms with Crippen molar-refractivity contribution in [3.05, 3.63) is 27.1 Å². The molecule has 1 heterocycles. The first-order valence-corrected chi connectivity index (χ1v) is 4.91. The number of imidazole rings is 1. The third kappa shape index (κ3) is 1.21. The van der Waals surface area contributed by atoms with Crippen LogP contribution in [0.15, 0.2) is 18.2 Å². The molecule has 12 heavy (non-hydrogen) atoms. The molecular weight excluding hydrogens is 286 g/mol. The Labute approximate surface area is 88.7 Å². The quantitative estimate of drug-likeness (QED) is 0.683. The van der Waals surface area contributed by atoms with E-state index in [1.54, 1.807) is 0 Å². The second kappa shape index (κ2) is 2.88. The monoisotopic (exact) mass is 292 g/mol. The lowest BCUT2D eigenvalue weighted by molar-refractivity contribution is 0.908. The number of hydrogen-bond acceptors (Lipinski definition) is 1. The van der Waals surface area contributed by atoms with Gasteiger partial charge in [0.05, 0.1) is 11.0 Å². The van der Waals surface area contributed by atoms with Crippen LogP contribution >= 0.6 is 34.2 Å². The largest absolute Gasteiger partial charge is 0.322 e. The van der Waals surface area contributed by atoms with Crippen molar-refractivity contribution in [2.75, 3.05) is 0 Å². The molecule has 2 nitrogen and oxygen atoms in total. The Morgan fingerprint density at radius 1 is 1.50 bits per heavy atom. The summed E-state index contributed by atoms with van der Waals surface area (Å²) >= 11 is 8.03. The second-order valence-corrected chi connectivity index (χ2v) is 3.97. The predicted octanol–water partition coefficient (Wildman–Crippen LogP) is 2.83. The highest BCUT2D eigenvalue weighted by Crippen LogP contribution is 2.19.